The Labute approximate surface area is 235 Å². The number of alkyl halides is 1. The standard InChI is InChI=1S/C29H31FN8O3/c1-35-25-20(6-3-7-22(25)30)28(39)36(29(35)40)19-5-2-4-17(14-19)24-15-21(26-27(31)32-16-34-38(24)26)23-8-11-33-37(23)18-9-12-41-13-10-18/h2,4-5,8,11,14-16,18,20,22,25H,3,6-7,9-10,12-13H2,1H3,(H2,31,32,34). The van der Waals surface area contributed by atoms with Crippen molar-refractivity contribution in [2.45, 2.75) is 50.4 Å². The van der Waals surface area contributed by atoms with Gasteiger partial charge in [0, 0.05) is 37.6 Å². The van der Waals surface area contributed by atoms with Crippen LogP contribution in [0.5, 0.6) is 0 Å². The molecule has 7 rings (SSSR count). The minimum absolute atomic E-state index is 0.196. The molecule has 3 fully saturated rings. The van der Waals surface area contributed by atoms with Gasteiger partial charge in [0.05, 0.1) is 35.1 Å². The van der Waals surface area contributed by atoms with E-state index in [0.717, 1.165) is 35.4 Å². The summed E-state index contributed by atoms with van der Waals surface area (Å²) in [6, 6.07) is 10.1. The maximum Gasteiger partial charge on any atom is 0.331 e. The lowest BCUT2D eigenvalue weighted by Crippen LogP contribution is -2.64. The van der Waals surface area contributed by atoms with Gasteiger partial charge >= 0.3 is 6.03 Å². The summed E-state index contributed by atoms with van der Waals surface area (Å²) < 4.78 is 24.1. The first-order valence-corrected chi connectivity index (χ1v) is 14.0. The second kappa shape index (κ2) is 9.95. The number of anilines is 2. The highest BCUT2D eigenvalue weighted by Crippen LogP contribution is 2.40. The number of nitrogens with two attached hydrogens (primary N) is 1. The predicted octanol–water partition coefficient (Wildman–Crippen LogP) is 4.10. The maximum atomic E-state index is 14.8. The van der Waals surface area contributed by atoms with E-state index in [0.29, 0.717) is 49.5 Å². The van der Waals surface area contributed by atoms with Crippen molar-refractivity contribution in [2.75, 3.05) is 30.9 Å². The first-order chi connectivity index (χ1) is 19.9. The second-order valence-corrected chi connectivity index (χ2v) is 11.0. The Morgan fingerprint density at radius 1 is 1.02 bits per heavy atom. The molecule has 41 heavy (non-hydrogen) atoms. The fourth-order valence-electron chi connectivity index (χ4n) is 6.71. The molecule has 3 aliphatic rings. The number of urea groups is 1. The fourth-order valence-corrected chi connectivity index (χ4v) is 6.71. The molecule has 2 N–H and O–H groups in total. The van der Waals surface area contributed by atoms with E-state index in [-0.39, 0.29) is 11.9 Å². The van der Waals surface area contributed by atoms with Crippen molar-refractivity contribution in [2.24, 2.45) is 5.92 Å². The van der Waals surface area contributed by atoms with Gasteiger partial charge in [0.25, 0.3) is 0 Å². The number of imide groups is 1. The van der Waals surface area contributed by atoms with Gasteiger partial charge < -0.3 is 15.4 Å². The third-order valence-electron chi connectivity index (χ3n) is 8.72. The molecule has 3 aromatic heterocycles. The van der Waals surface area contributed by atoms with Gasteiger partial charge in [-0.1, -0.05) is 12.1 Å². The van der Waals surface area contributed by atoms with Gasteiger partial charge in [0.1, 0.15) is 18.0 Å². The van der Waals surface area contributed by atoms with Crippen molar-refractivity contribution in [3.63, 3.8) is 0 Å². The lowest BCUT2D eigenvalue weighted by molar-refractivity contribution is -0.128. The van der Waals surface area contributed by atoms with Crippen LogP contribution in [0, 0.1) is 5.92 Å². The van der Waals surface area contributed by atoms with Crippen LogP contribution in [-0.2, 0) is 9.53 Å². The molecule has 0 radical (unpaired) electrons. The number of carbonyl (C=O) groups is 2. The monoisotopic (exact) mass is 558 g/mol. The minimum Gasteiger partial charge on any atom is -0.382 e. The van der Waals surface area contributed by atoms with Gasteiger partial charge in [0.15, 0.2) is 5.82 Å². The Morgan fingerprint density at radius 2 is 1.85 bits per heavy atom. The molecule has 2 aliphatic heterocycles. The highest BCUT2D eigenvalue weighted by Gasteiger charge is 2.50. The summed E-state index contributed by atoms with van der Waals surface area (Å²) in [7, 11) is 1.58. The molecule has 1 aromatic carbocycles. The zero-order valence-electron chi connectivity index (χ0n) is 22.7. The number of carbonyl (C=O) groups excluding carboxylic acids is 2. The van der Waals surface area contributed by atoms with Crippen LogP contribution in [0.4, 0.5) is 20.7 Å². The lowest BCUT2D eigenvalue weighted by Gasteiger charge is -2.46. The van der Waals surface area contributed by atoms with Crippen molar-refractivity contribution in [3.05, 3.63) is 48.9 Å². The molecule has 5 heterocycles. The first-order valence-electron chi connectivity index (χ1n) is 14.0. The van der Waals surface area contributed by atoms with Crippen molar-refractivity contribution in [1.29, 1.82) is 0 Å². The zero-order chi connectivity index (χ0) is 28.2. The second-order valence-electron chi connectivity index (χ2n) is 11.0. The Morgan fingerprint density at radius 3 is 2.68 bits per heavy atom. The molecule has 3 amide bonds. The number of hydrogen-bond acceptors (Lipinski definition) is 7. The number of benzene rings is 1. The average molecular weight is 559 g/mol. The van der Waals surface area contributed by atoms with Gasteiger partial charge in [-0.05, 0) is 56.4 Å². The minimum atomic E-state index is -1.20. The van der Waals surface area contributed by atoms with Crippen LogP contribution < -0.4 is 10.6 Å². The number of fused-ring (bicyclic) bond motifs is 2. The molecule has 3 atom stereocenters. The SMILES string of the molecule is CN1C(=O)N(c2cccc(-c3cc(-c4ccnn4C4CCOCC4)c4c(N)ncnn34)c2)C(=O)C2CCCC(F)C21. The molecule has 1 saturated carbocycles. The Hall–Kier alpha value is -4.32. The molecule has 3 unspecified atom stereocenters. The molecular formula is C29H31FN8O3. The van der Waals surface area contributed by atoms with Crippen molar-refractivity contribution in [3.8, 4) is 22.5 Å². The molecule has 0 spiro atoms. The smallest absolute Gasteiger partial charge is 0.331 e. The summed E-state index contributed by atoms with van der Waals surface area (Å²) >= 11 is 0. The normalized spacial score (nSPS) is 23.8. The van der Waals surface area contributed by atoms with Crippen LogP contribution in [-0.4, -0.2) is 73.7 Å². The van der Waals surface area contributed by atoms with Gasteiger partial charge in [-0.2, -0.15) is 10.2 Å². The highest BCUT2D eigenvalue weighted by molar-refractivity contribution is 6.17. The van der Waals surface area contributed by atoms with Crippen LogP contribution in [0.3, 0.4) is 0 Å². The van der Waals surface area contributed by atoms with E-state index in [1.165, 1.54) is 16.1 Å². The van der Waals surface area contributed by atoms with Crippen molar-refractivity contribution in [1.82, 2.24) is 29.3 Å². The van der Waals surface area contributed by atoms with E-state index in [1.807, 2.05) is 22.9 Å². The fraction of sp³-hybridized carbons (Fsp3) is 0.414. The quantitative estimate of drug-likeness (QED) is 0.400. The summed E-state index contributed by atoms with van der Waals surface area (Å²) in [5, 5.41) is 9.15. The van der Waals surface area contributed by atoms with E-state index >= 15 is 0 Å². The third-order valence-corrected chi connectivity index (χ3v) is 8.72. The van der Waals surface area contributed by atoms with Crippen LogP contribution >= 0.6 is 0 Å². The summed E-state index contributed by atoms with van der Waals surface area (Å²) in [6.07, 6.45) is 5.24. The third kappa shape index (κ3) is 4.07. The summed E-state index contributed by atoms with van der Waals surface area (Å²) in [6.45, 7) is 1.36. The Balaban J connectivity index is 1.31. The number of hydrogen-bond donors (Lipinski definition) is 1. The number of aromatic nitrogens is 5. The first kappa shape index (κ1) is 25.6. The van der Waals surface area contributed by atoms with Crippen LogP contribution in [0.15, 0.2) is 48.9 Å². The Kier molecular flexibility index (Phi) is 6.22. The molecular weight excluding hydrogens is 527 g/mol. The number of nitrogen functional groups attached to an aromatic ring is 1. The van der Waals surface area contributed by atoms with E-state index in [1.54, 1.807) is 36.0 Å². The summed E-state index contributed by atoms with van der Waals surface area (Å²) in [5.74, 6) is -0.599. The summed E-state index contributed by atoms with van der Waals surface area (Å²) in [5.41, 5.74) is 10.6. The van der Waals surface area contributed by atoms with Gasteiger partial charge in [-0.3, -0.25) is 9.48 Å². The molecule has 1 aliphatic carbocycles. The highest BCUT2D eigenvalue weighted by atomic mass is 19.1. The van der Waals surface area contributed by atoms with E-state index in [4.69, 9.17) is 10.5 Å². The number of ether oxygens (including phenoxy) is 1. The van der Waals surface area contributed by atoms with Gasteiger partial charge in [0.2, 0.25) is 5.91 Å². The average Bonchev–Trinajstić information content (AvgIpc) is 3.63. The molecule has 12 heteroatoms. The topological polar surface area (TPSA) is 124 Å². The lowest BCUT2D eigenvalue weighted by atomic mass is 9.80. The van der Waals surface area contributed by atoms with Crippen LogP contribution in [0.25, 0.3) is 28.0 Å². The van der Waals surface area contributed by atoms with E-state index in [9.17, 15) is 14.0 Å². The largest absolute Gasteiger partial charge is 0.382 e. The maximum absolute atomic E-state index is 14.8. The molecule has 0 bridgehead atoms. The van der Waals surface area contributed by atoms with Crippen molar-refractivity contribution < 1.29 is 18.7 Å². The predicted molar refractivity (Wildman–Crippen MR) is 150 cm³/mol. The number of nitrogens with zero attached hydrogens (tertiary/aromatic N) is 7. The van der Waals surface area contributed by atoms with Gasteiger partial charge in [-0.15, -0.1) is 0 Å². The van der Waals surface area contributed by atoms with Crippen LogP contribution in [0.2, 0.25) is 0 Å². The zero-order valence-corrected chi connectivity index (χ0v) is 22.7. The van der Waals surface area contributed by atoms with Gasteiger partial charge in [-0.25, -0.2) is 23.6 Å². The van der Waals surface area contributed by atoms with E-state index in [2.05, 4.69) is 15.2 Å². The molecule has 2 saturated heterocycles. The molecule has 4 aromatic rings. The molecule has 11 nitrogen and oxygen atoms in total. The Bertz CT molecular complexity index is 1640. The molecule has 212 valence electrons. The van der Waals surface area contributed by atoms with Crippen molar-refractivity contribution >= 4 is 29.0 Å². The van der Waals surface area contributed by atoms with E-state index < -0.39 is 24.2 Å². The number of rotatable bonds is 4. The number of halogens is 1. The van der Waals surface area contributed by atoms with Crippen LogP contribution in [0.1, 0.15) is 38.1 Å². The summed E-state index contributed by atoms with van der Waals surface area (Å²) in [4.78, 5) is 33.8. The number of amides is 3.